The maximum absolute atomic E-state index is 12.4. The monoisotopic (exact) mass is 353 g/mol. The van der Waals surface area contributed by atoms with Gasteiger partial charge in [-0.2, -0.15) is 0 Å². The molecule has 0 saturated heterocycles. The topological polar surface area (TPSA) is 60.1 Å². The maximum Gasteiger partial charge on any atom is 0.274 e. The van der Waals surface area contributed by atoms with Crippen LogP contribution in [0.3, 0.4) is 0 Å². The fourth-order valence-electron chi connectivity index (χ4n) is 1.92. The molecule has 1 N–H and O–H groups in total. The Balaban J connectivity index is 2.21. The van der Waals surface area contributed by atoms with Crippen LogP contribution in [0.2, 0.25) is 0 Å². The molecule has 114 valence electrons. The number of nitrogens with one attached hydrogen (secondary N) is 1. The second kappa shape index (κ2) is 5.67. The maximum atomic E-state index is 12.4. The van der Waals surface area contributed by atoms with E-state index in [1.807, 2.05) is 45.4 Å². The van der Waals surface area contributed by atoms with Crippen LogP contribution in [0.4, 0.5) is 5.88 Å². The molecule has 0 aliphatic heterocycles. The van der Waals surface area contributed by atoms with E-state index in [0.717, 1.165) is 10.2 Å². The molecule has 1 amide bonds. The number of rotatable bonds is 3. The minimum absolute atomic E-state index is 0.117. The number of halogens is 1. The first-order valence-electron chi connectivity index (χ1n) is 6.84. The molecular formula is C15H20BrN3O2. The van der Waals surface area contributed by atoms with Gasteiger partial charge in [-0.1, -0.05) is 25.9 Å². The quantitative estimate of drug-likeness (QED) is 0.890. The van der Waals surface area contributed by atoms with Gasteiger partial charge in [0.25, 0.3) is 5.91 Å². The van der Waals surface area contributed by atoms with Gasteiger partial charge >= 0.3 is 0 Å². The summed E-state index contributed by atoms with van der Waals surface area (Å²) in [6.07, 6.45) is 1.89. The third-order valence-electron chi connectivity index (χ3n) is 3.12. The van der Waals surface area contributed by atoms with Crippen molar-refractivity contribution in [3.8, 4) is 0 Å². The molecule has 2 heterocycles. The number of hydrogen-bond acceptors (Lipinski definition) is 3. The third kappa shape index (κ3) is 3.56. The van der Waals surface area contributed by atoms with Gasteiger partial charge in [0, 0.05) is 28.2 Å². The molecule has 0 fully saturated rings. The first kappa shape index (κ1) is 15.8. The minimum atomic E-state index is -0.217. The summed E-state index contributed by atoms with van der Waals surface area (Å²) >= 11 is 3.40. The molecule has 0 spiro atoms. The van der Waals surface area contributed by atoms with Gasteiger partial charge in [-0.05, 0) is 35.8 Å². The van der Waals surface area contributed by atoms with Crippen molar-refractivity contribution >= 4 is 27.7 Å². The molecule has 2 aromatic heterocycles. The molecule has 21 heavy (non-hydrogen) atoms. The zero-order valence-electron chi connectivity index (χ0n) is 12.9. The van der Waals surface area contributed by atoms with Gasteiger partial charge in [0.2, 0.25) is 5.88 Å². The lowest BCUT2D eigenvalue weighted by atomic mass is 9.92. The fourth-order valence-corrected chi connectivity index (χ4v) is 2.36. The Kier molecular flexibility index (Phi) is 4.27. The van der Waals surface area contributed by atoms with E-state index in [1.54, 1.807) is 12.1 Å². The Morgan fingerprint density at radius 2 is 2.05 bits per heavy atom. The van der Waals surface area contributed by atoms with Gasteiger partial charge in [0.15, 0.2) is 0 Å². The summed E-state index contributed by atoms with van der Waals surface area (Å²) in [4.78, 5) is 12.4. The van der Waals surface area contributed by atoms with Crippen molar-refractivity contribution in [1.82, 2.24) is 9.72 Å². The van der Waals surface area contributed by atoms with Crippen molar-refractivity contribution in [3.05, 3.63) is 34.2 Å². The molecule has 5 nitrogen and oxygen atoms in total. The molecule has 0 aliphatic carbocycles. The Labute approximate surface area is 132 Å². The van der Waals surface area contributed by atoms with E-state index >= 15 is 0 Å². The van der Waals surface area contributed by atoms with Crippen molar-refractivity contribution < 1.29 is 9.32 Å². The zero-order chi connectivity index (χ0) is 15.8. The highest BCUT2D eigenvalue weighted by atomic mass is 79.9. The van der Waals surface area contributed by atoms with Crippen molar-refractivity contribution in [1.29, 1.82) is 0 Å². The van der Waals surface area contributed by atoms with Crippen LogP contribution in [0.15, 0.2) is 27.3 Å². The predicted molar refractivity (Wildman–Crippen MR) is 85.7 cm³/mol. The zero-order valence-corrected chi connectivity index (χ0v) is 14.5. The number of aromatic nitrogens is 2. The standard InChI is InChI=1S/C15H20BrN3O2/c1-9(2)19-8-10(16)6-11(19)14(20)17-13-7-12(18-21-13)15(3,4)5/h6-9H,1-5H3,(H,17,20). The second-order valence-corrected chi connectivity index (χ2v) is 7.24. The molecule has 0 radical (unpaired) electrons. The Morgan fingerprint density at radius 3 is 2.57 bits per heavy atom. The van der Waals surface area contributed by atoms with Crippen molar-refractivity contribution in [2.45, 2.75) is 46.1 Å². The van der Waals surface area contributed by atoms with Crippen molar-refractivity contribution in [3.63, 3.8) is 0 Å². The summed E-state index contributed by atoms with van der Waals surface area (Å²) in [5.41, 5.74) is 1.26. The molecule has 0 aliphatic rings. The number of hydrogen-bond donors (Lipinski definition) is 1. The van der Waals surface area contributed by atoms with Crippen molar-refractivity contribution in [2.75, 3.05) is 5.32 Å². The number of carbonyl (C=O) groups is 1. The number of amides is 1. The number of anilines is 1. The van der Waals surface area contributed by atoms with Crippen LogP contribution < -0.4 is 5.32 Å². The SMILES string of the molecule is CC(C)n1cc(Br)cc1C(=O)Nc1cc(C(C)(C)C)no1. The highest BCUT2D eigenvalue weighted by Gasteiger charge is 2.21. The normalized spacial score (nSPS) is 12.0. The van der Waals surface area contributed by atoms with E-state index in [0.29, 0.717) is 11.6 Å². The average Bonchev–Trinajstić information content (AvgIpc) is 2.94. The van der Waals surface area contributed by atoms with Crippen LogP contribution in [-0.4, -0.2) is 15.6 Å². The van der Waals surface area contributed by atoms with Crippen LogP contribution in [-0.2, 0) is 5.41 Å². The van der Waals surface area contributed by atoms with E-state index in [9.17, 15) is 4.79 Å². The van der Waals surface area contributed by atoms with Crippen LogP contribution in [0.25, 0.3) is 0 Å². The summed E-state index contributed by atoms with van der Waals surface area (Å²) < 4.78 is 7.96. The summed E-state index contributed by atoms with van der Waals surface area (Å²) in [7, 11) is 0. The van der Waals surface area contributed by atoms with Crippen molar-refractivity contribution in [2.24, 2.45) is 0 Å². The minimum Gasteiger partial charge on any atom is -0.340 e. The van der Waals surface area contributed by atoms with Crippen LogP contribution >= 0.6 is 15.9 Å². The lowest BCUT2D eigenvalue weighted by Gasteiger charge is -2.12. The van der Waals surface area contributed by atoms with Gasteiger partial charge in [0.05, 0.1) is 5.69 Å². The average molecular weight is 354 g/mol. The largest absolute Gasteiger partial charge is 0.340 e. The summed E-state index contributed by atoms with van der Waals surface area (Å²) in [6.45, 7) is 10.2. The van der Waals surface area contributed by atoms with E-state index in [4.69, 9.17) is 4.52 Å². The number of nitrogens with zero attached hydrogens (tertiary/aromatic N) is 2. The van der Waals surface area contributed by atoms with Gasteiger partial charge in [-0.15, -0.1) is 0 Å². The van der Waals surface area contributed by atoms with E-state index < -0.39 is 0 Å². The lowest BCUT2D eigenvalue weighted by molar-refractivity contribution is 0.101. The van der Waals surface area contributed by atoms with E-state index in [-0.39, 0.29) is 17.4 Å². The molecule has 0 atom stereocenters. The molecule has 2 rings (SSSR count). The van der Waals surface area contributed by atoms with Gasteiger partial charge in [-0.25, -0.2) is 0 Å². The molecule has 0 saturated carbocycles. The molecule has 0 bridgehead atoms. The molecule has 6 heteroatoms. The van der Waals surface area contributed by atoms with Gasteiger partial charge in [-0.3, -0.25) is 10.1 Å². The first-order chi connectivity index (χ1) is 9.68. The molecule has 0 aromatic carbocycles. The molecular weight excluding hydrogens is 334 g/mol. The van der Waals surface area contributed by atoms with Gasteiger partial charge in [0.1, 0.15) is 5.69 Å². The smallest absolute Gasteiger partial charge is 0.274 e. The summed E-state index contributed by atoms with van der Waals surface area (Å²) in [6, 6.07) is 3.74. The van der Waals surface area contributed by atoms with E-state index in [1.165, 1.54) is 0 Å². The highest BCUT2D eigenvalue weighted by Crippen LogP contribution is 2.25. The number of carbonyl (C=O) groups excluding carboxylic acids is 1. The Hall–Kier alpha value is -1.56. The van der Waals surface area contributed by atoms with Gasteiger partial charge < -0.3 is 9.09 Å². The first-order valence-corrected chi connectivity index (χ1v) is 7.63. The summed E-state index contributed by atoms with van der Waals surface area (Å²) in [5, 5.41) is 6.74. The fraction of sp³-hybridized carbons (Fsp3) is 0.467. The Morgan fingerprint density at radius 1 is 1.38 bits per heavy atom. The van der Waals surface area contributed by atoms with Crippen LogP contribution in [0.1, 0.15) is 56.8 Å². The van der Waals surface area contributed by atoms with Crippen LogP contribution in [0.5, 0.6) is 0 Å². The highest BCUT2D eigenvalue weighted by molar-refractivity contribution is 9.10. The predicted octanol–water partition coefficient (Wildman–Crippen LogP) is 4.37. The van der Waals surface area contributed by atoms with Crippen LogP contribution in [0, 0.1) is 0 Å². The third-order valence-corrected chi connectivity index (χ3v) is 3.55. The summed E-state index contributed by atoms with van der Waals surface area (Å²) in [5.74, 6) is 0.142. The molecule has 2 aromatic rings. The Bertz CT molecular complexity index is 650. The second-order valence-electron chi connectivity index (χ2n) is 6.33. The lowest BCUT2D eigenvalue weighted by Crippen LogP contribution is -2.17. The van der Waals surface area contributed by atoms with E-state index in [2.05, 4.69) is 26.4 Å². The molecule has 0 unspecified atom stereocenters.